The average Bonchev–Trinajstić information content (AvgIpc) is 2.50. The van der Waals surface area contributed by atoms with Gasteiger partial charge in [-0.25, -0.2) is 0 Å². The van der Waals surface area contributed by atoms with E-state index >= 15 is 0 Å². The van der Waals surface area contributed by atoms with Crippen molar-refractivity contribution >= 4 is 10.8 Å². The third kappa shape index (κ3) is 3.96. The Morgan fingerprint density at radius 3 is 2.38 bits per heavy atom. The lowest BCUT2D eigenvalue weighted by atomic mass is 9.94. The Balaban J connectivity index is 2.18. The van der Waals surface area contributed by atoms with E-state index in [1.54, 1.807) is 7.11 Å². The zero-order chi connectivity index (χ0) is 15.4. The molecule has 0 saturated carbocycles. The molecule has 3 heteroatoms. The number of hydrogen-bond donors (Lipinski definition) is 2. The Morgan fingerprint density at radius 1 is 1.05 bits per heavy atom. The van der Waals surface area contributed by atoms with Gasteiger partial charge in [0.1, 0.15) is 5.75 Å². The second-order valence-corrected chi connectivity index (χ2v) is 6.04. The Hall–Kier alpha value is -1.58. The van der Waals surface area contributed by atoms with Gasteiger partial charge in [0.25, 0.3) is 0 Å². The minimum Gasteiger partial charge on any atom is -0.497 e. The largest absolute Gasteiger partial charge is 0.497 e. The van der Waals surface area contributed by atoms with Gasteiger partial charge in [0.05, 0.1) is 19.3 Å². The third-order valence-electron chi connectivity index (χ3n) is 3.91. The minimum absolute atomic E-state index is 0.338. The van der Waals surface area contributed by atoms with E-state index in [1.165, 1.54) is 0 Å². The Bertz CT molecular complexity index is 595. The second-order valence-electron chi connectivity index (χ2n) is 6.04. The molecule has 2 rings (SSSR count). The highest BCUT2D eigenvalue weighted by molar-refractivity contribution is 5.84. The van der Waals surface area contributed by atoms with Crippen LogP contribution in [0.25, 0.3) is 10.8 Å². The van der Waals surface area contributed by atoms with Crippen LogP contribution in [-0.4, -0.2) is 18.3 Å². The molecular formula is C18H25NO2. The maximum absolute atomic E-state index is 10.2. The van der Waals surface area contributed by atoms with E-state index in [9.17, 15) is 5.11 Å². The van der Waals surface area contributed by atoms with Crippen molar-refractivity contribution in [3.63, 3.8) is 0 Å². The van der Waals surface area contributed by atoms with E-state index < -0.39 is 6.10 Å². The molecule has 3 nitrogen and oxygen atoms in total. The molecule has 0 heterocycles. The van der Waals surface area contributed by atoms with Crippen molar-refractivity contribution in [2.24, 2.45) is 11.7 Å². The molecule has 0 aliphatic rings. The Morgan fingerprint density at radius 2 is 1.71 bits per heavy atom. The van der Waals surface area contributed by atoms with Gasteiger partial charge < -0.3 is 15.6 Å². The fourth-order valence-electron chi connectivity index (χ4n) is 2.48. The summed E-state index contributed by atoms with van der Waals surface area (Å²) in [4.78, 5) is 0. The molecule has 0 fully saturated rings. The first-order valence-electron chi connectivity index (χ1n) is 7.52. The van der Waals surface area contributed by atoms with Gasteiger partial charge in [-0.05, 0) is 53.3 Å². The fraction of sp³-hybridized carbons (Fsp3) is 0.444. The van der Waals surface area contributed by atoms with Gasteiger partial charge in [0.15, 0.2) is 0 Å². The predicted molar refractivity (Wildman–Crippen MR) is 87.5 cm³/mol. The SMILES string of the molecule is COc1ccc2cc([C@@H](N)[C@@H](O)CCC(C)C)ccc2c1. The molecule has 0 aliphatic heterocycles. The van der Waals surface area contributed by atoms with Gasteiger partial charge in [-0.15, -0.1) is 0 Å². The van der Waals surface area contributed by atoms with Crippen LogP contribution in [0.1, 0.15) is 38.3 Å². The number of aliphatic hydroxyl groups is 1. The summed E-state index contributed by atoms with van der Waals surface area (Å²) in [6, 6.07) is 11.7. The number of ether oxygens (including phenoxy) is 1. The van der Waals surface area contributed by atoms with E-state index in [0.29, 0.717) is 5.92 Å². The summed E-state index contributed by atoms with van der Waals surface area (Å²) in [6.07, 6.45) is 1.22. The lowest BCUT2D eigenvalue weighted by molar-refractivity contribution is 0.128. The molecular weight excluding hydrogens is 262 g/mol. The van der Waals surface area contributed by atoms with Crippen LogP contribution >= 0.6 is 0 Å². The van der Waals surface area contributed by atoms with E-state index in [2.05, 4.69) is 19.9 Å². The number of fused-ring (bicyclic) bond motifs is 1. The number of rotatable bonds is 6. The maximum Gasteiger partial charge on any atom is 0.119 e. The van der Waals surface area contributed by atoms with Crippen LogP contribution in [0, 0.1) is 5.92 Å². The molecule has 0 spiro atoms. The van der Waals surface area contributed by atoms with E-state index in [4.69, 9.17) is 10.5 Å². The summed E-state index contributed by atoms with van der Waals surface area (Å²) in [5.41, 5.74) is 7.17. The van der Waals surface area contributed by atoms with E-state index in [-0.39, 0.29) is 6.04 Å². The predicted octanol–water partition coefficient (Wildman–Crippen LogP) is 3.65. The Labute approximate surface area is 126 Å². The van der Waals surface area contributed by atoms with Crippen LogP contribution in [0.15, 0.2) is 36.4 Å². The van der Waals surface area contributed by atoms with Gasteiger partial charge in [-0.2, -0.15) is 0 Å². The highest BCUT2D eigenvalue weighted by Crippen LogP contribution is 2.26. The van der Waals surface area contributed by atoms with Crippen molar-refractivity contribution in [1.82, 2.24) is 0 Å². The summed E-state index contributed by atoms with van der Waals surface area (Å²) in [7, 11) is 1.66. The summed E-state index contributed by atoms with van der Waals surface area (Å²) in [5.74, 6) is 1.42. The quantitative estimate of drug-likeness (QED) is 0.852. The monoisotopic (exact) mass is 287 g/mol. The number of aliphatic hydroxyl groups excluding tert-OH is 1. The molecule has 2 aromatic rings. The topological polar surface area (TPSA) is 55.5 Å². The smallest absolute Gasteiger partial charge is 0.119 e. The fourth-order valence-corrected chi connectivity index (χ4v) is 2.48. The summed E-state index contributed by atoms with van der Waals surface area (Å²) in [5, 5.41) is 12.5. The molecule has 2 atom stereocenters. The molecule has 0 radical (unpaired) electrons. The summed E-state index contributed by atoms with van der Waals surface area (Å²) < 4.78 is 5.23. The molecule has 0 unspecified atom stereocenters. The average molecular weight is 287 g/mol. The van der Waals surface area contributed by atoms with E-state index in [1.807, 2.05) is 30.3 Å². The molecule has 2 aromatic carbocycles. The molecule has 21 heavy (non-hydrogen) atoms. The van der Waals surface area contributed by atoms with Gasteiger partial charge in [0, 0.05) is 0 Å². The third-order valence-corrected chi connectivity index (χ3v) is 3.91. The van der Waals surface area contributed by atoms with Gasteiger partial charge in [0.2, 0.25) is 0 Å². The standard InChI is InChI=1S/C18H25NO2/c1-12(2)4-9-17(20)18(19)15-6-5-14-11-16(21-3)8-7-13(14)10-15/h5-8,10-12,17-18,20H,4,9,19H2,1-3H3/t17-,18+/m0/s1. The highest BCUT2D eigenvalue weighted by atomic mass is 16.5. The first-order chi connectivity index (χ1) is 10.0. The van der Waals surface area contributed by atoms with Crippen molar-refractivity contribution in [1.29, 1.82) is 0 Å². The summed E-state index contributed by atoms with van der Waals surface area (Å²) >= 11 is 0. The normalized spacial score (nSPS) is 14.4. The van der Waals surface area contributed by atoms with Crippen LogP contribution in [0.2, 0.25) is 0 Å². The highest BCUT2D eigenvalue weighted by Gasteiger charge is 2.17. The van der Waals surface area contributed by atoms with Crippen LogP contribution in [0.5, 0.6) is 5.75 Å². The van der Waals surface area contributed by atoms with Crippen molar-refractivity contribution in [3.8, 4) is 5.75 Å². The van der Waals surface area contributed by atoms with E-state index in [0.717, 1.165) is 34.9 Å². The van der Waals surface area contributed by atoms with Crippen molar-refractivity contribution in [2.45, 2.75) is 38.8 Å². The molecule has 3 N–H and O–H groups in total. The van der Waals surface area contributed by atoms with Gasteiger partial charge in [-0.1, -0.05) is 32.0 Å². The first-order valence-corrected chi connectivity index (χ1v) is 7.52. The van der Waals surface area contributed by atoms with Crippen molar-refractivity contribution in [3.05, 3.63) is 42.0 Å². The number of benzene rings is 2. The zero-order valence-electron chi connectivity index (χ0n) is 13.0. The maximum atomic E-state index is 10.2. The van der Waals surface area contributed by atoms with Crippen LogP contribution in [-0.2, 0) is 0 Å². The lowest BCUT2D eigenvalue weighted by Gasteiger charge is -2.20. The molecule has 0 aliphatic carbocycles. The second kappa shape index (κ2) is 6.92. The number of hydrogen-bond acceptors (Lipinski definition) is 3. The Kier molecular flexibility index (Phi) is 5.21. The first kappa shape index (κ1) is 15.8. The lowest BCUT2D eigenvalue weighted by Crippen LogP contribution is -2.26. The molecule has 0 bridgehead atoms. The van der Waals surface area contributed by atoms with Gasteiger partial charge >= 0.3 is 0 Å². The van der Waals surface area contributed by atoms with Crippen LogP contribution < -0.4 is 10.5 Å². The van der Waals surface area contributed by atoms with Gasteiger partial charge in [-0.3, -0.25) is 0 Å². The summed E-state index contributed by atoms with van der Waals surface area (Å²) in [6.45, 7) is 4.31. The number of methoxy groups -OCH3 is 1. The van der Waals surface area contributed by atoms with Crippen LogP contribution in [0.4, 0.5) is 0 Å². The van der Waals surface area contributed by atoms with Crippen molar-refractivity contribution in [2.75, 3.05) is 7.11 Å². The van der Waals surface area contributed by atoms with Crippen LogP contribution in [0.3, 0.4) is 0 Å². The minimum atomic E-state index is -0.497. The molecule has 0 amide bonds. The molecule has 0 saturated heterocycles. The molecule has 0 aromatic heterocycles. The molecule has 114 valence electrons. The zero-order valence-corrected chi connectivity index (χ0v) is 13.0. The van der Waals surface area contributed by atoms with Crippen molar-refractivity contribution < 1.29 is 9.84 Å². The number of nitrogens with two attached hydrogens (primary N) is 1.